The van der Waals surface area contributed by atoms with Crippen molar-refractivity contribution in [2.75, 3.05) is 18.4 Å². The maximum absolute atomic E-state index is 11.9. The summed E-state index contributed by atoms with van der Waals surface area (Å²) in [5.41, 5.74) is -0.281. The predicted molar refractivity (Wildman–Crippen MR) is 112 cm³/mol. The number of aromatic nitrogens is 2. The number of hydrogen-bond donors (Lipinski definition) is 4. The molecule has 29 heavy (non-hydrogen) atoms. The Hall–Kier alpha value is -3.04. The Morgan fingerprint density at radius 3 is 2.66 bits per heavy atom. The number of aliphatic hydroxyl groups excluding tert-OH is 1. The second kappa shape index (κ2) is 9.94. The number of benzene rings is 1. The molecule has 4 N–H and O–H groups in total. The molecule has 0 fully saturated rings. The Bertz CT molecular complexity index is 1030. The first-order valence-corrected chi connectivity index (χ1v) is 10.2. The minimum absolute atomic E-state index is 0.0395. The molecule has 2 aromatic heterocycles. The highest BCUT2D eigenvalue weighted by molar-refractivity contribution is 7.12. The van der Waals surface area contributed by atoms with E-state index in [2.05, 4.69) is 20.8 Å². The van der Waals surface area contributed by atoms with Gasteiger partial charge >= 0.3 is 0 Å². The lowest BCUT2D eigenvalue weighted by Crippen LogP contribution is -2.36. The lowest BCUT2D eigenvalue weighted by atomic mass is 10.1. The van der Waals surface area contributed by atoms with E-state index in [9.17, 15) is 19.5 Å². The average Bonchev–Trinajstić information content (AvgIpc) is 3.27. The van der Waals surface area contributed by atoms with E-state index < -0.39 is 6.10 Å². The van der Waals surface area contributed by atoms with Crippen LogP contribution in [0.3, 0.4) is 0 Å². The summed E-state index contributed by atoms with van der Waals surface area (Å²) in [7, 11) is 0. The van der Waals surface area contributed by atoms with Gasteiger partial charge < -0.3 is 15.7 Å². The van der Waals surface area contributed by atoms with Crippen LogP contribution in [0.4, 0.5) is 5.82 Å². The molecule has 9 heteroatoms. The Morgan fingerprint density at radius 1 is 1.10 bits per heavy atom. The number of carbonyl (C=O) groups excluding carboxylic acids is 2. The number of H-pyrrole nitrogens is 1. The number of hydrogen-bond acceptors (Lipinski definition) is 7. The summed E-state index contributed by atoms with van der Waals surface area (Å²) in [5.74, 6) is 0.283. The van der Waals surface area contributed by atoms with Crippen LogP contribution in [0.15, 0.2) is 46.6 Å². The molecule has 0 saturated carbocycles. The number of nitrogens with one attached hydrogen (secondary N) is 3. The van der Waals surface area contributed by atoms with Gasteiger partial charge in [-0.25, -0.2) is 5.10 Å². The van der Waals surface area contributed by atoms with Crippen molar-refractivity contribution in [1.29, 1.82) is 0 Å². The van der Waals surface area contributed by atoms with Crippen molar-refractivity contribution < 1.29 is 14.7 Å². The number of nitrogens with zero attached hydrogens (tertiary/aromatic N) is 1. The van der Waals surface area contributed by atoms with Crippen molar-refractivity contribution in [3.63, 3.8) is 0 Å². The number of ketones is 1. The van der Waals surface area contributed by atoms with Crippen LogP contribution in [-0.2, 0) is 4.79 Å². The highest BCUT2D eigenvalue weighted by Crippen LogP contribution is 2.16. The number of Topliss-reactive ketones (excluding diaryl/α,β-unsaturated/α-hetero) is 1. The van der Waals surface area contributed by atoms with Gasteiger partial charge in [-0.1, -0.05) is 24.3 Å². The molecule has 0 bridgehead atoms. The van der Waals surface area contributed by atoms with E-state index in [1.807, 2.05) is 11.4 Å². The highest BCUT2D eigenvalue weighted by atomic mass is 32.1. The quantitative estimate of drug-likeness (QED) is 0.376. The number of rotatable bonds is 10. The number of amides is 1. The summed E-state index contributed by atoms with van der Waals surface area (Å²) in [6, 6.07) is 10.6. The Kier molecular flexibility index (Phi) is 7.09. The molecule has 1 atom stereocenters. The molecule has 0 spiro atoms. The normalized spacial score (nSPS) is 11.9. The molecule has 1 amide bonds. The Labute approximate surface area is 171 Å². The van der Waals surface area contributed by atoms with Crippen molar-refractivity contribution in [2.45, 2.75) is 25.4 Å². The largest absolute Gasteiger partial charge is 0.389 e. The zero-order valence-corrected chi connectivity index (χ0v) is 16.5. The summed E-state index contributed by atoms with van der Waals surface area (Å²) in [4.78, 5) is 36.3. The molecule has 0 aliphatic heterocycles. The van der Waals surface area contributed by atoms with E-state index in [-0.39, 0.29) is 36.8 Å². The van der Waals surface area contributed by atoms with Crippen molar-refractivity contribution in [2.24, 2.45) is 0 Å². The first kappa shape index (κ1) is 20.7. The van der Waals surface area contributed by atoms with Crippen molar-refractivity contribution >= 4 is 39.6 Å². The SMILES string of the molecule is O=C(CCCC(=O)c1cccs1)NCC(O)CNc1n[nH]c(=O)c2ccccc12. The third-order valence-corrected chi connectivity index (χ3v) is 5.25. The van der Waals surface area contributed by atoms with Gasteiger partial charge in [0.05, 0.1) is 16.4 Å². The van der Waals surface area contributed by atoms with Gasteiger partial charge in [-0.2, -0.15) is 5.10 Å². The predicted octanol–water partition coefficient (Wildman–Crippen LogP) is 1.93. The second-order valence-corrected chi connectivity index (χ2v) is 7.49. The molecule has 1 unspecified atom stereocenters. The Balaban J connectivity index is 1.39. The maximum atomic E-state index is 11.9. The molecule has 0 aliphatic rings. The van der Waals surface area contributed by atoms with Crippen LogP contribution < -0.4 is 16.2 Å². The van der Waals surface area contributed by atoms with Gasteiger partial charge in [0.2, 0.25) is 5.91 Å². The fourth-order valence-electron chi connectivity index (χ4n) is 2.83. The zero-order chi connectivity index (χ0) is 20.6. The van der Waals surface area contributed by atoms with Crippen LogP contribution in [0.2, 0.25) is 0 Å². The zero-order valence-electron chi connectivity index (χ0n) is 15.7. The summed E-state index contributed by atoms with van der Waals surface area (Å²) in [6.07, 6.45) is 0.176. The van der Waals surface area contributed by atoms with Crippen molar-refractivity contribution in [3.05, 3.63) is 57.0 Å². The summed E-state index contributed by atoms with van der Waals surface area (Å²) < 4.78 is 0. The van der Waals surface area contributed by atoms with E-state index >= 15 is 0 Å². The minimum atomic E-state index is -0.834. The van der Waals surface area contributed by atoms with E-state index in [4.69, 9.17) is 0 Å². The van der Waals surface area contributed by atoms with E-state index in [1.54, 1.807) is 30.3 Å². The first-order chi connectivity index (χ1) is 14.0. The molecule has 8 nitrogen and oxygen atoms in total. The third-order valence-electron chi connectivity index (χ3n) is 4.34. The van der Waals surface area contributed by atoms with Crippen LogP contribution >= 0.6 is 11.3 Å². The summed E-state index contributed by atoms with van der Waals surface area (Å²) >= 11 is 1.39. The third kappa shape index (κ3) is 5.72. The van der Waals surface area contributed by atoms with Crippen LogP contribution in [-0.4, -0.2) is 46.2 Å². The summed E-state index contributed by atoms with van der Waals surface area (Å²) in [6.45, 7) is 0.228. The van der Waals surface area contributed by atoms with Crippen molar-refractivity contribution in [3.8, 4) is 0 Å². The van der Waals surface area contributed by atoms with Crippen LogP contribution in [0.5, 0.6) is 0 Å². The smallest absolute Gasteiger partial charge is 0.272 e. The van der Waals surface area contributed by atoms with E-state index in [0.29, 0.717) is 34.3 Å². The highest BCUT2D eigenvalue weighted by Gasteiger charge is 2.11. The average molecular weight is 414 g/mol. The number of thiophene rings is 1. The fourth-order valence-corrected chi connectivity index (χ4v) is 3.52. The van der Waals surface area contributed by atoms with Crippen LogP contribution in [0, 0.1) is 0 Å². The van der Waals surface area contributed by atoms with Gasteiger partial charge in [0.1, 0.15) is 0 Å². The lowest BCUT2D eigenvalue weighted by molar-refractivity contribution is -0.121. The lowest BCUT2D eigenvalue weighted by Gasteiger charge is -2.14. The molecule has 0 aliphatic carbocycles. The monoisotopic (exact) mass is 414 g/mol. The van der Waals surface area contributed by atoms with Gasteiger partial charge in [-0.3, -0.25) is 14.4 Å². The topological polar surface area (TPSA) is 124 Å². The van der Waals surface area contributed by atoms with Crippen LogP contribution in [0.1, 0.15) is 28.9 Å². The second-order valence-electron chi connectivity index (χ2n) is 6.54. The molecule has 0 saturated heterocycles. The summed E-state index contributed by atoms with van der Waals surface area (Å²) in [5, 5.41) is 25.1. The molecule has 152 valence electrons. The minimum Gasteiger partial charge on any atom is -0.389 e. The van der Waals surface area contributed by atoms with Crippen LogP contribution in [0.25, 0.3) is 10.8 Å². The fraction of sp³-hybridized carbons (Fsp3) is 0.300. The van der Waals surface area contributed by atoms with Gasteiger partial charge in [0.15, 0.2) is 11.6 Å². The number of fused-ring (bicyclic) bond motifs is 1. The molecule has 1 aromatic carbocycles. The van der Waals surface area contributed by atoms with Gasteiger partial charge in [-0.05, 0) is 23.9 Å². The number of aliphatic hydroxyl groups is 1. The number of anilines is 1. The standard InChI is InChI=1S/C20H22N4O4S/c25-13(11-21-18(27)9-3-7-16(26)17-8-4-10-29-17)12-22-19-14-5-1-2-6-15(14)20(28)24-23-19/h1-2,4-6,8,10,13,25H,3,7,9,11-12H2,(H,21,27)(H,22,23)(H,24,28). The molecule has 3 aromatic rings. The van der Waals surface area contributed by atoms with E-state index in [0.717, 1.165) is 0 Å². The molecular formula is C20H22N4O4S. The number of aromatic amines is 1. The molecule has 0 radical (unpaired) electrons. The molecule has 2 heterocycles. The first-order valence-electron chi connectivity index (χ1n) is 9.27. The number of carbonyl (C=O) groups is 2. The maximum Gasteiger partial charge on any atom is 0.272 e. The Morgan fingerprint density at radius 2 is 1.90 bits per heavy atom. The van der Waals surface area contributed by atoms with Gasteiger partial charge in [0, 0.05) is 31.3 Å². The van der Waals surface area contributed by atoms with Gasteiger partial charge in [-0.15, -0.1) is 11.3 Å². The van der Waals surface area contributed by atoms with E-state index in [1.165, 1.54) is 11.3 Å². The molecular weight excluding hydrogens is 392 g/mol. The van der Waals surface area contributed by atoms with Gasteiger partial charge in [0.25, 0.3) is 5.56 Å². The van der Waals surface area contributed by atoms with Crippen molar-refractivity contribution in [1.82, 2.24) is 15.5 Å². The molecule has 3 rings (SSSR count).